The number of benzene rings is 3. The van der Waals surface area contributed by atoms with Gasteiger partial charge in [-0.2, -0.15) is 0 Å². The Kier molecular flexibility index (Phi) is 7.27. The number of anilines is 2. The molecule has 4 rings (SSSR count). The van der Waals surface area contributed by atoms with E-state index in [0.29, 0.717) is 11.4 Å². The molecule has 0 aliphatic carbocycles. The molecular weight excluding hydrogens is 456 g/mol. The number of nitrogens with one attached hydrogen (secondary N) is 2. The van der Waals surface area contributed by atoms with Crippen LogP contribution in [0.4, 0.5) is 20.2 Å². The lowest BCUT2D eigenvalue weighted by molar-refractivity contribution is -0.118. The van der Waals surface area contributed by atoms with Gasteiger partial charge in [-0.3, -0.25) is 9.59 Å². The fraction of sp³-hybridized carbons (Fsp3) is 0.0385. The van der Waals surface area contributed by atoms with Gasteiger partial charge in [-0.05, 0) is 54.6 Å². The summed E-state index contributed by atoms with van der Waals surface area (Å²) >= 11 is 0. The van der Waals surface area contributed by atoms with Crippen LogP contribution in [0.2, 0.25) is 0 Å². The normalized spacial score (nSPS) is 10.3. The van der Waals surface area contributed by atoms with Crippen LogP contribution in [-0.4, -0.2) is 23.4 Å². The van der Waals surface area contributed by atoms with Gasteiger partial charge in [0.1, 0.15) is 23.1 Å². The van der Waals surface area contributed by atoms with Gasteiger partial charge >= 0.3 is 0 Å². The van der Waals surface area contributed by atoms with Gasteiger partial charge in [0, 0.05) is 6.07 Å². The van der Waals surface area contributed by atoms with E-state index in [4.69, 9.17) is 9.47 Å². The first kappa shape index (κ1) is 23.4. The number of carbonyl (C=O) groups excluding carboxylic acids is 2. The van der Waals surface area contributed by atoms with E-state index in [1.807, 2.05) is 0 Å². The number of halogens is 2. The van der Waals surface area contributed by atoms with Gasteiger partial charge in [0.05, 0.1) is 23.1 Å². The van der Waals surface area contributed by atoms with Crippen molar-refractivity contribution in [2.24, 2.45) is 0 Å². The lowest BCUT2D eigenvalue weighted by atomic mass is 10.2. The zero-order valence-electron chi connectivity index (χ0n) is 18.2. The van der Waals surface area contributed by atoms with Crippen molar-refractivity contribution >= 4 is 23.2 Å². The van der Waals surface area contributed by atoms with Gasteiger partial charge in [0.25, 0.3) is 11.8 Å². The molecule has 9 heteroatoms. The van der Waals surface area contributed by atoms with Crippen molar-refractivity contribution in [1.82, 2.24) is 4.98 Å². The van der Waals surface area contributed by atoms with Crippen LogP contribution in [0.3, 0.4) is 0 Å². The quantitative estimate of drug-likeness (QED) is 0.355. The van der Waals surface area contributed by atoms with Crippen molar-refractivity contribution in [1.29, 1.82) is 0 Å². The second kappa shape index (κ2) is 10.9. The molecule has 0 radical (unpaired) electrons. The van der Waals surface area contributed by atoms with Crippen molar-refractivity contribution < 1.29 is 27.8 Å². The van der Waals surface area contributed by atoms with Crippen LogP contribution in [0, 0.1) is 11.6 Å². The Labute approximate surface area is 199 Å². The van der Waals surface area contributed by atoms with Crippen LogP contribution in [0.25, 0.3) is 0 Å². The van der Waals surface area contributed by atoms with E-state index < -0.39 is 24.2 Å². The van der Waals surface area contributed by atoms with Crippen LogP contribution in [0.1, 0.15) is 10.4 Å². The van der Waals surface area contributed by atoms with Gasteiger partial charge in [0.15, 0.2) is 6.61 Å². The minimum atomic E-state index is -0.578. The highest BCUT2D eigenvalue weighted by atomic mass is 19.1. The summed E-state index contributed by atoms with van der Waals surface area (Å²) in [4.78, 5) is 29.1. The molecular formula is C26H19F2N3O4. The van der Waals surface area contributed by atoms with Crippen molar-refractivity contribution in [3.8, 4) is 17.4 Å². The number of ether oxygens (including phenoxy) is 2. The molecule has 3 aromatic carbocycles. The largest absolute Gasteiger partial charge is 0.483 e. The Hall–Kier alpha value is -4.79. The topological polar surface area (TPSA) is 89.6 Å². The number of carbonyl (C=O) groups is 2. The molecule has 2 amide bonds. The highest BCUT2D eigenvalue weighted by molar-refractivity contribution is 6.06. The molecule has 0 saturated heterocycles. The Morgan fingerprint density at radius 2 is 1.57 bits per heavy atom. The molecule has 0 saturated carbocycles. The SMILES string of the molecule is O=C(COc1ccccc1C(=O)Nc1ccc(Oc2ccc(F)cc2)nc1)Nc1ccccc1F. The number of nitrogens with zero attached hydrogens (tertiary/aromatic N) is 1. The van der Waals surface area contributed by atoms with Crippen LogP contribution >= 0.6 is 0 Å². The summed E-state index contributed by atoms with van der Waals surface area (Å²) < 4.78 is 37.7. The summed E-state index contributed by atoms with van der Waals surface area (Å²) in [6.45, 7) is -0.421. The predicted octanol–water partition coefficient (Wildman–Crippen LogP) is 5.42. The number of pyridine rings is 1. The van der Waals surface area contributed by atoms with E-state index in [2.05, 4.69) is 15.6 Å². The molecule has 0 atom stereocenters. The summed E-state index contributed by atoms with van der Waals surface area (Å²) in [5, 5.41) is 5.11. The van der Waals surface area contributed by atoms with Gasteiger partial charge in [0.2, 0.25) is 5.88 Å². The maximum absolute atomic E-state index is 13.7. The third kappa shape index (κ3) is 6.38. The first-order valence-corrected chi connectivity index (χ1v) is 10.4. The number of hydrogen-bond acceptors (Lipinski definition) is 5. The number of hydrogen-bond donors (Lipinski definition) is 2. The van der Waals surface area contributed by atoms with E-state index in [1.165, 1.54) is 48.7 Å². The molecule has 0 unspecified atom stereocenters. The fourth-order valence-corrected chi connectivity index (χ4v) is 3.01. The van der Waals surface area contributed by atoms with Gasteiger partial charge in [-0.25, -0.2) is 13.8 Å². The smallest absolute Gasteiger partial charge is 0.262 e. The summed E-state index contributed by atoms with van der Waals surface area (Å²) in [6.07, 6.45) is 1.40. The number of rotatable bonds is 8. The number of para-hydroxylation sites is 2. The Bertz CT molecular complexity index is 1330. The average Bonchev–Trinajstić information content (AvgIpc) is 2.87. The molecule has 0 aliphatic rings. The zero-order chi connectivity index (χ0) is 24.6. The summed E-state index contributed by atoms with van der Waals surface area (Å²) in [5.74, 6) is -1.14. The molecule has 1 heterocycles. The standard InChI is InChI=1S/C26H19F2N3O4/c27-17-9-12-19(13-10-17)35-25-14-11-18(15-29-25)30-26(33)20-5-1-4-8-23(20)34-16-24(32)31-22-7-3-2-6-21(22)28/h1-15H,16H2,(H,30,33)(H,31,32). The summed E-state index contributed by atoms with van der Waals surface area (Å²) in [5.41, 5.74) is 0.623. The third-order valence-corrected chi connectivity index (χ3v) is 4.67. The lowest BCUT2D eigenvalue weighted by Gasteiger charge is -2.12. The Morgan fingerprint density at radius 3 is 2.31 bits per heavy atom. The highest BCUT2D eigenvalue weighted by Gasteiger charge is 2.15. The molecule has 7 nitrogen and oxygen atoms in total. The molecule has 0 fully saturated rings. The van der Waals surface area contributed by atoms with Crippen molar-refractivity contribution in [3.05, 3.63) is 108 Å². The third-order valence-electron chi connectivity index (χ3n) is 4.67. The molecule has 1 aromatic heterocycles. The summed E-state index contributed by atoms with van der Waals surface area (Å²) in [6, 6.07) is 20.8. The molecule has 0 aliphatic heterocycles. The van der Waals surface area contributed by atoms with Crippen LogP contribution in [0.5, 0.6) is 17.4 Å². The average molecular weight is 475 g/mol. The van der Waals surface area contributed by atoms with E-state index in [0.717, 1.165) is 0 Å². The van der Waals surface area contributed by atoms with E-state index in [-0.39, 0.29) is 28.7 Å². The Morgan fingerprint density at radius 1 is 0.829 bits per heavy atom. The monoisotopic (exact) mass is 475 g/mol. The minimum Gasteiger partial charge on any atom is -0.483 e. The molecule has 4 aromatic rings. The second-order valence-corrected chi connectivity index (χ2v) is 7.21. The molecule has 0 bridgehead atoms. The first-order chi connectivity index (χ1) is 17.0. The molecule has 2 N–H and O–H groups in total. The Balaban J connectivity index is 1.36. The highest BCUT2D eigenvalue weighted by Crippen LogP contribution is 2.23. The summed E-state index contributed by atoms with van der Waals surface area (Å²) in [7, 11) is 0. The molecule has 0 spiro atoms. The minimum absolute atomic E-state index is 0.0338. The van der Waals surface area contributed by atoms with Gasteiger partial charge in [-0.15, -0.1) is 0 Å². The van der Waals surface area contributed by atoms with Crippen molar-refractivity contribution in [2.75, 3.05) is 17.2 Å². The van der Waals surface area contributed by atoms with Crippen molar-refractivity contribution in [2.45, 2.75) is 0 Å². The second-order valence-electron chi connectivity index (χ2n) is 7.21. The maximum atomic E-state index is 13.7. The van der Waals surface area contributed by atoms with E-state index in [9.17, 15) is 18.4 Å². The predicted molar refractivity (Wildman–Crippen MR) is 126 cm³/mol. The zero-order valence-corrected chi connectivity index (χ0v) is 18.2. The van der Waals surface area contributed by atoms with E-state index >= 15 is 0 Å². The number of amides is 2. The maximum Gasteiger partial charge on any atom is 0.262 e. The molecule has 35 heavy (non-hydrogen) atoms. The van der Waals surface area contributed by atoms with Crippen LogP contribution in [0.15, 0.2) is 91.1 Å². The first-order valence-electron chi connectivity index (χ1n) is 10.4. The van der Waals surface area contributed by atoms with Gasteiger partial charge in [-0.1, -0.05) is 24.3 Å². The number of aromatic nitrogens is 1. The van der Waals surface area contributed by atoms with Crippen LogP contribution < -0.4 is 20.1 Å². The van der Waals surface area contributed by atoms with Gasteiger partial charge < -0.3 is 20.1 Å². The fourth-order valence-electron chi connectivity index (χ4n) is 3.01. The van der Waals surface area contributed by atoms with Crippen molar-refractivity contribution in [3.63, 3.8) is 0 Å². The van der Waals surface area contributed by atoms with Crippen LogP contribution in [-0.2, 0) is 4.79 Å². The molecule has 176 valence electrons. The lowest BCUT2D eigenvalue weighted by Crippen LogP contribution is -2.22. The van der Waals surface area contributed by atoms with E-state index in [1.54, 1.807) is 42.5 Å².